The molecule has 2 atom stereocenters. The van der Waals surface area contributed by atoms with E-state index in [4.69, 9.17) is 34.8 Å². The number of nitrogens with zero attached hydrogens (tertiary/aromatic N) is 2. The number of nitrogens with one attached hydrogen (secondary N) is 1. The molecular weight excluding hydrogens is 602 g/mol. The highest BCUT2D eigenvalue weighted by Gasteiger charge is 2.36. The van der Waals surface area contributed by atoms with E-state index in [2.05, 4.69) is 5.32 Å². The first kappa shape index (κ1) is 33.0. The maximum atomic E-state index is 13.7. The van der Waals surface area contributed by atoms with Gasteiger partial charge in [-0.15, -0.1) is 0 Å². The molecule has 2 amide bonds. The molecule has 2 aromatic carbocycles. The van der Waals surface area contributed by atoms with E-state index in [1.54, 1.807) is 26.0 Å². The summed E-state index contributed by atoms with van der Waals surface area (Å²) < 4.78 is 66.3. The van der Waals surface area contributed by atoms with Crippen molar-refractivity contribution in [1.29, 1.82) is 0 Å². The number of alkyl halides is 3. The number of amides is 2. The summed E-state index contributed by atoms with van der Waals surface area (Å²) in [6, 6.07) is 5.86. The van der Waals surface area contributed by atoms with Crippen molar-refractivity contribution in [3.8, 4) is 0 Å². The molecule has 0 saturated carbocycles. The number of hydrogen-bond donors (Lipinski definition) is 1. The molecule has 0 heterocycles. The minimum atomic E-state index is -4.86. The van der Waals surface area contributed by atoms with Crippen LogP contribution in [0.4, 0.5) is 18.9 Å². The van der Waals surface area contributed by atoms with Crippen LogP contribution in [0.1, 0.15) is 44.7 Å². The Morgan fingerprint density at radius 3 is 2.15 bits per heavy atom. The maximum Gasteiger partial charge on any atom is 0.417 e. The molecule has 2 aromatic rings. The van der Waals surface area contributed by atoms with Crippen LogP contribution in [0.5, 0.6) is 0 Å². The van der Waals surface area contributed by atoms with Crippen molar-refractivity contribution in [2.45, 2.75) is 58.4 Å². The Balaban J connectivity index is 2.56. The minimum absolute atomic E-state index is 0.164. The molecule has 0 aromatic heterocycles. The monoisotopic (exact) mass is 629 g/mol. The zero-order chi connectivity index (χ0) is 29.7. The van der Waals surface area contributed by atoms with Crippen molar-refractivity contribution < 1.29 is 31.2 Å². The van der Waals surface area contributed by atoms with Crippen molar-refractivity contribution in [2.75, 3.05) is 17.1 Å². The fourth-order valence-electron chi connectivity index (χ4n) is 3.69. The largest absolute Gasteiger partial charge is 0.417 e. The minimum Gasteiger partial charge on any atom is -0.352 e. The van der Waals surface area contributed by atoms with Crippen LogP contribution < -0.4 is 9.62 Å². The van der Waals surface area contributed by atoms with Crippen molar-refractivity contribution in [2.24, 2.45) is 0 Å². The normalized spacial score (nSPS) is 13.5. The van der Waals surface area contributed by atoms with Gasteiger partial charge in [0.1, 0.15) is 12.6 Å². The fourth-order valence-corrected chi connectivity index (χ4v) is 5.23. The molecule has 1 N–H and O–H groups in total. The van der Waals surface area contributed by atoms with Gasteiger partial charge in [0.05, 0.1) is 22.5 Å². The lowest BCUT2D eigenvalue weighted by molar-refractivity contribution is -0.140. The van der Waals surface area contributed by atoms with Gasteiger partial charge < -0.3 is 10.2 Å². The highest BCUT2D eigenvalue weighted by Crippen LogP contribution is 2.37. The third-order valence-electron chi connectivity index (χ3n) is 5.97. The summed E-state index contributed by atoms with van der Waals surface area (Å²) >= 11 is 18.0. The second-order valence-electron chi connectivity index (χ2n) is 8.93. The van der Waals surface area contributed by atoms with Crippen molar-refractivity contribution in [3.05, 3.63) is 62.6 Å². The number of rotatable bonds is 11. The summed E-state index contributed by atoms with van der Waals surface area (Å²) in [5, 5.41) is 2.74. The summed E-state index contributed by atoms with van der Waals surface area (Å²) in [6.45, 7) is 4.27. The molecule has 0 saturated heterocycles. The van der Waals surface area contributed by atoms with Crippen LogP contribution in [0.15, 0.2) is 36.4 Å². The van der Waals surface area contributed by atoms with E-state index in [-0.39, 0.29) is 24.0 Å². The first-order valence-electron chi connectivity index (χ1n) is 11.9. The van der Waals surface area contributed by atoms with Crippen LogP contribution in [-0.4, -0.2) is 50.0 Å². The number of carbonyl (C=O) groups excluding carboxylic acids is 2. The number of benzene rings is 2. The van der Waals surface area contributed by atoms with Crippen molar-refractivity contribution in [3.63, 3.8) is 0 Å². The molecule has 0 bridgehead atoms. The Hall–Kier alpha value is -2.21. The molecule has 7 nitrogen and oxygen atoms in total. The van der Waals surface area contributed by atoms with Crippen LogP contribution in [0.25, 0.3) is 0 Å². The van der Waals surface area contributed by atoms with E-state index in [9.17, 15) is 31.2 Å². The second kappa shape index (κ2) is 13.4. The van der Waals surface area contributed by atoms with Gasteiger partial charge in [0, 0.05) is 22.6 Å². The first-order chi connectivity index (χ1) is 18.0. The zero-order valence-electron chi connectivity index (χ0n) is 21.7. The van der Waals surface area contributed by atoms with E-state index in [0.717, 1.165) is 23.3 Å². The average Bonchev–Trinajstić information content (AvgIpc) is 2.82. The predicted octanol–water partition coefficient (Wildman–Crippen LogP) is 6.15. The van der Waals surface area contributed by atoms with Gasteiger partial charge in [-0.3, -0.25) is 13.9 Å². The summed E-state index contributed by atoms with van der Waals surface area (Å²) in [6.07, 6.45) is -3.31. The van der Waals surface area contributed by atoms with E-state index >= 15 is 0 Å². The van der Waals surface area contributed by atoms with Crippen molar-refractivity contribution in [1.82, 2.24) is 10.2 Å². The van der Waals surface area contributed by atoms with Gasteiger partial charge in [-0.05, 0) is 55.7 Å². The van der Waals surface area contributed by atoms with Gasteiger partial charge in [-0.25, -0.2) is 8.42 Å². The van der Waals surface area contributed by atoms with Crippen LogP contribution in [-0.2, 0) is 32.3 Å². The SMILES string of the molecule is CC[C@H](C(=O)N[C@@H](C)CC)N(Cc1ccc(Cl)cc1Cl)C(=O)CN(c1ccc(Cl)c(C(F)(F)F)c1)S(C)(=O)=O. The lowest BCUT2D eigenvalue weighted by Crippen LogP contribution is -2.53. The molecule has 0 aliphatic heterocycles. The molecule has 39 heavy (non-hydrogen) atoms. The molecule has 0 unspecified atom stereocenters. The van der Waals surface area contributed by atoms with Crippen LogP contribution in [0.2, 0.25) is 15.1 Å². The third-order valence-corrected chi connectivity index (χ3v) is 8.02. The third kappa shape index (κ3) is 8.89. The van der Waals surface area contributed by atoms with Gasteiger partial charge in [0.25, 0.3) is 0 Å². The van der Waals surface area contributed by atoms with E-state index in [1.807, 2.05) is 6.92 Å². The molecule has 0 aliphatic rings. The summed E-state index contributed by atoms with van der Waals surface area (Å²) in [7, 11) is -4.25. The summed E-state index contributed by atoms with van der Waals surface area (Å²) in [4.78, 5) is 28.0. The lowest BCUT2D eigenvalue weighted by atomic mass is 10.1. The standard InChI is InChI=1S/C25H29Cl3F3N3O4S/c1-5-15(3)32-24(36)22(6-2)33(13-16-7-8-17(26)11-21(16)28)23(35)14-34(39(4,37)38)18-9-10-20(27)19(12-18)25(29,30)31/h7-12,15,22H,5-6,13-14H2,1-4H3,(H,32,36)/t15-,22+/m0/s1. The molecule has 0 fully saturated rings. The molecule has 14 heteroatoms. The van der Waals surface area contributed by atoms with Crippen LogP contribution in [0, 0.1) is 0 Å². The van der Waals surface area contributed by atoms with Gasteiger partial charge >= 0.3 is 6.18 Å². The molecule has 2 rings (SSSR count). The molecule has 216 valence electrons. The highest BCUT2D eigenvalue weighted by molar-refractivity contribution is 7.92. The Kier molecular flexibility index (Phi) is 11.4. The number of anilines is 1. The highest BCUT2D eigenvalue weighted by atomic mass is 35.5. The summed E-state index contributed by atoms with van der Waals surface area (Å²) in [5.74, 6) is -1.30. The number of hydrogen-bond acceptors (Lipinski definition) is 4. The van der Waals surface area contributed by atoms with Gasteiger partial charge in [0.2, 0.25) is 21.8 Å². The fraction of sp³-hybridized carbons (Fsp3) is 0.440. The first-order valence-corrected chi connectivity index (χ1v) is 14.9. The Bertz CT molecular complexity index is 1310. The van der Waals surface area contributed by atoms with Crippen LogP contribution in [0.3, 0.4) is 0 Å². The zero-order valence-corrected chi connectivity index (χ0v) is 24.7. The maximum absolute atomic E-state index is 13.7. The average molecular weight is 631 g/mol. The van der Waals surface area contributed by atoms with Crippen molar-refractivity contribution >= 4 is 62.3 Å². The summed E-state index contributed by atoms with van der Waals surface area (Å²) in [5.41, 5.74) is -1.24. The van der Waals surface area contributed by atoms with Gasteiger partial charge in [-0.2, -0.15) is 13.2 Å². The lowest BCUT2D eigenvalue weighted by Gasteiger charge is -2.33. The van der Waals surface area contributed by atoms with Crippen LogP contribution >= 0.6 is 34.8 Å². The van der Waals surface area contributed by atoms with E-state index in [0.29, 0.717) is 27.4 Å². The Morgan fingerprint density at radius 1 is 1.00 bits per heavy atom. The Labute approximate surface area is 241 Å². The van der Waals surface area contributed by atoms with E-state index < -0.39 is 56.9 Å². The topological polar surface area (TPSA) is 86.8 Å². The molecular formula is C25H29Cl3F3N3O4S. The predicted molar refractivity (Wildman–Crippen MR) is 148 cm³/mol. The second-order valence-corrected chi connectivity index (χ2v) is 12.1. The van der Waals surface area contributed by atoms with E-state index in [1.165, 1.54) is 6.07 Å². The number of carbonyl (C=O) groups is 2. The van der Waals surface area contributed by atoms with Gasteiger partial charge in [0.15, 0.2) is 0 Å². The molecule has 0 aliphatic carbocycles. The molecule has 0 radical (unpaired) electrons. The number of halogens is 6. The molecule has 0 spiro atoms. The smallest absolute Gasteiger partial charge is 0.352 e. The number of sulfonamides is 1. The quantitative estimate of drug-likeness (QED) is 0.323. The Morgan fingerprint density at radius 2 is 1.64 bits per heavy atom. The van der Waals surface area contributed by atoms with Gasteiger partial charge in [-0.1, -0.05) is 54.7 Å².